The summed E-state index contributed by atoms with van der Waals surface area (Å²) < 4.78 is 0. The standard InChI is InChI=1S/C18H17ClN2O3/c19-14-6-1-2-7-16(14)21-9-8-15(18(21)24)20-17(23)11-12-4-3-5-13(22)10-12/h1-7,10,15,22H,8-9,11H2,(H,20,23)/t15-/m1/s1. The fourth-order valence-electron chi connectivity index (χ4n) is 2.82. The third-order valence-electron chi connectivity index (χ3n) is 3.96. The van der Waals surface area contributed by atoms with Crippen molar-refractivity contribution in [2.24, 2.45) is 0 Å². The number of aromatic hydroxyl groups is 1. The van der Waals surface area contributed by atoms with Crippen LogP contribution in [0.2, 0.25) is 5.02 Å². The Balaban J connectivity index is 1.63. The Hall–Kier alpha value is -2.53. The molecule has 0 radical (unpaired) electrons. The van der Waals surface area contributed by atoms with E-state index in [1.54, 1.807) is 41.3 Å². The van der Waals surface area contributed by atoms with Gasteiger partial charge in [0.25, 0.3) is 0 Å². The van der Waals surface area contributed by atoms with Crippen LogP contribution in [-0.4, -0.2) is 29.5 Å². The van der Waals surface area contributed by atoms with Crippen LogP contribution in [0.3, 0.4) is 0 Å². The molecule has 6 heteroatoms. The molecule has 0 saturated carbocycles. The first-order valence-corrected chi connectivity index (χ1v) is 8.05. The molecule has 0 unspecified atom stereocenters. The Labute approximate surface area is 144 Å². The van der Waals surface area contributed by atoms with E-state index in [1.807, 2.05) is 6.07 Å². The largest absolute Gasteiger partial charge is 0.508 e. The van der Waals surface area contributed by atoms with E-state index in [1.165, 1.54) is 6.07 Å². The summed E-state index contributed by atoms with van der Waals surface area (Å²) in [6, 6.07) is 13.1. The summed E-state index contributed by atoms with van der Waals surface area (Å²) in [6.07, 6.45) is 0.653. The molecule has 1 heterocycles. The molecule has 24 heavy (non-hydrogen) atoms. The van der Waals surface area contributed by atoms with Gasteiger partial charge in [0.05, 0.1) is 17.1 Å². The number of carbonyl (C=O) groups excluding carboxylic acids is 2. The zero-order valence-electron chi connectivity index (χ0n) is 12.9. The molecular weight excluding hydrogens is 328 g/mol. The molecule has 1 fully saturated rings. The van der Waals surface area contributed by atoms with Crippen molar-refractivity contribution < 1.29 is 14.7 Å². The van der Waals surface area contributed by atoms with Gasteiger partial charge in [0, 0.05) is 6.54 Å². The Morgan fingerprint density at radius 3 is 2.79 bits per heavy atom. The molecule has 2 aromatic rings. The van der Waals surface area contributed by atoms with E-state index in [9.17, 15) is 14.7 Å². The van der Waals surface area contributed by atoms with Crippen molar-refractivity contribution in [1.29, 1.82) is 0 Å². The second-order valence-corrected chi connectivity index (χ2v) is 6.10. The van der Waals surface area contributed by atoms with Crippen molar-refractivity contribution >= 4 is 29.1 Å². The molecule has 0 bridgehead atoms. The smallest absolute Gasteiger partial charge is 0.249 e. The minimum absolute atomic E-state index is 0.113. The lowest BCUT2D eigenvalue weighted by atomic mass is 10.1. The van der Waals surface area contributed by atoms with E-state index in [-0.39, 0.29) is 24.0 Å². The first-order valence-electron chi connectivity index (χ1n) is 7.68. The van der Waals surface area contributed by atoms with Gasteiger partial charge in [-0.25, -0.2) is 0 Å². The molecule has 5 nitrogen and oxygen atoms in total. The van der Waals surface area contributed by atoms with Crippen LogP contribution in [0, 0.1) is 0 Å². The number of rotatable bonds is 4. The van der Waals surface area contributed by atoms with Gasteiger partial charge in [0.2, 0.25) is 11.8 Å². The minimum Gasteiger partial charge on any atom is -0.508 e. The number of para-hydroxylation sites is 1. The van der Waals surface area contributed by atoms with Crippen LogP contribution >= 0.6 is 11.6 Å². The number of nitrogens with zero attached hydrogens (tertiary/aromatic N) is 1. The summed E-state index contributed by atoms with van der Waals surface area (Å²) in [6.45, 7) is 0.514. The van der Waals surface area contributed by atoms with Crippen LogP contribution in [-0.2, 0) is 16.0 Å². The predicted octanol–water partition coefficient (Wildman–Crippen LogP) is 2.51. The van der Waals surface area contributed by atoms with E-state index >= 15 is 0 Å². The average molecular weight is 345 g/mol. The number of amides is 2. The van der Waals surface area contributed by atoms with E-state index in [4.69, 9.17) is 11.6 Å². The van der Waals surface area contributed by atoms with Crippen molar-refractivity contribution in [3.05, 3.63) is 59.1 Å². The van der Waals surface area contributed by atoms with Crippen molar-refractivity contribution in [3.8, 4) is 5.75 Å². The molecule has 0 aliphatic carbocycles. The quantitative estimate of drug-likeness (QED) is 0.895. The van der Waals surface area contributed by atoms with E-state index in [0.29, 0.717) is 29.2 Å². The molecular formula is C18H17ClN2O3. The van der Waals surface area contributed by atoms with Gasteiger partial charge in [-0.2, -0.15) is 0 Å². The maximum absolute atomic E-state index is 12.5. The molecule has 124 valence electrons. The number of phenols is 1. The van der Waals surface area contributed by atoms with E-state index in [0.717, 1.165) is 0 Å². The number of hydrogen-bond acceptors (Lipinski definition) is 3. The highest BCUT2D eigenvalue weighted by atomic mass is 35.5. The van der Waals surface area contributed by atoms with Gasteiger partial charge < -0.3 is 15.3 Å². The van der Waals surface area contributed by atoms with Crippen LogP contribution in [0.15, 0.2) is 48.5 Å². The van der Waals surface area contributed by atoms with Gasteiger partial charge in [-0.05, 0) is 36.2 Å². The lowest BCUT2D eigenvalue weighted by Gasteiger charge is -2.18. The highest BCUT2D eigenvalue weighted by molar-refractivity contribution is 6.34. The fraction of sp³-hybridized carbons (Fsp3) is 0.222. The SMILES string of the molecule is O=C(Cc1cccc(O)c1)N[C@@H]1CCN(c2ccccc2Cl)C1=O. The lowest BCUT2D eigenvalue weighted by molar-refractivity contribution is -0.126. The number of hydrogen-bond donors (Lipinski definition) is 2. The average Bonchev–Trinajstić information content (AvgIpc) is 2.89. The molecule has 2 amide bonds. The Bertz CT molecular complexity index is 778. The van der Waals surface area contributed by atoms with Crippen LogP contribution in [0.25, 0.3) is 0 Å². The van der Waals surface area contributed by atoms with Crippen LogP contribution < -0.4 is 10.2 Å². The van der Waals surface area contributed by atoms with Crippen LogP contribution in [0.4, 0.5) is 5.69 Å². The predicted molar refractivity (Wildman–Crippen MR) is 92.2 cm³/mol. The Morgan fingerprint density at radius 2 is 2.04 bits per heavy atom. The third-order valence-corrected chi connectivity index (χ3v) is 4.28. The maximum Gasteiger partial charge on any atom is 0.249 e. The Morgan fingerprint density at radius 1 is 1.25 bits per heavy atom. The lowest BCUT2D eigenvalue weighted by Crippen LogP contribution is -2.42. The van der Waals surface area contributed by atoms with Gasteiger partial charge in [0.1, 0.15) is 11.8 Å². The number of halogens is 1. The molecule has 1 aliphatic rings. The number of anilines is 1. The van der Waals surface area contributed by atoms with Gasteiger partial charge in [-0.1, -0.05) is 35.9 Å². The molecule has 2 N–H and O–H groups in total. The van der Waals surface area contributed by atoms with Crippen molar-refractivity contribution in [1.82, 2.24) is 5.32 Å². The summed E-state index contributed by atoms with van der Waals surface area (Å²) >= 11 is 6.14. The highest BCUT2D eigenvalue weighted by Gasteiger charge is 2.34. The molecule has 2 aromatic carbocycles. The number of phenolic OH excluding ortho intramolecular Hbond substituents is 1. The first kappa shape index (κ1) is 16.3. The van der Waals surface area contributed by atoms with Crippen LogP contribution in [0.1, 0.15) is 12.0 Å². The molecule has 1 atom stereocenters. The fourth-order valence-corrected chi connectivity index (χ4v) is 3.06. The number of carbonyl (C=O) groups is 2. The maximum atomic E-state index is 12.5. The zero-order chi connectivity index (χ0) is 17.1. The number of nitrogens with one attached hydrogen (secondary N) is 1. The molecule has 1 saturated heterocycles. The topological polar surface area (TPSA) is 69.6 Å². The normalized spacial score (nSPS) is 17.1. The van der Waals surface area contributed by atoms with Crippen molar-refractivity contribution in [2.45, 2.75) is 18.9 Å². The summed E-state index contributed by atoms with van der Waals surface area (Å²) in [4.78, 5) is 26.3. The highest BCUT2D eigenvalue weighted by Crippen LogP contribution is 2.29. The molecule has 0 aromatic heterocycles. The van der Waals surface area contributed by atoms with Crippen molar-refractivity contribution in [2.75, 3.05) is 11.4 Å². The second kappa shape index (κ2) is 6.93. The Kier molecular flexibility index (Phi) is 4.71. The van der Waals surface area contributed by atoms with Crippen molar-refractivity contribution in [3.63, 3.8) is 0 Å². The zero-order valence-corrected chi connectivity index (χ0v) is 13.7. The monoisotopic (exact) mass is 344 g/mol. The first-order chi connectivity index (χ1) is 11.5. The summed E-state index contributed by atoms with van der Waals surface area (Å²) in [5.74, 6) is -0.297. The van der Waals surface area contributed by atoms with Gasteiger partial charge >= 0.3 is 0 Å². The second-order valence-electron chi connectivity index (χ2n) is 5.70. The molecule has 3 rings (SSSR count). The molecule has 1 aliphatic heterocycles. The summed E-state index contributed by atoms with van der Waals surface area (Å²) in [7, 11) is 0. The third kappa shape index (κ3) is 3.51. The van der Waals surface area contributed by atoms with Gasteiger partial charge in [-0.3, -0.25) is 9.59 Å². The molecule has 0 spiro atoms. The van der Waals surface area contributed by atoms with E-state index < -0.39 is 6.04 Å². The van der Waals surface area contributed by atoms with Crippen LogP contribution in [0.5, 0.6) is 5.75 Å². The van der Waals surface area contributed by atoms with Gasteiger partial charge in [-0.15, -0.1) is 0 Å². The van der Waals surface area contributed by atoms with Gasteiger partial charge in [0.15, 0.2) is 0 Å². The summed E-state index contributed by atoms with van der Waals surface area (Å²) in [5, 5.41) is 12.7. The van der Waals surface area contributed by atoms with E-state index in [2.05, 4.69) is 5.32 Å². The summed E-state index contributed by atoms with van der Waals surface area (Å²) in [5.41, 5.74) is 1.36. The minimum atomic E-state index is -0.550. The number of benzene rings is 2.